The first-order valence-electron chi connectivity index (χ1n) is 9.49. The molecule has 1 saturated heterocycles. The highest BCUT2D eigenvalue weighted by atomic mass is 16.2. The quantitative estimate of drug-likeness (QED) is 0.757. The SMILES string of the molecule is CN(CC(=O)N1CCC[C@H](c2nc3ccccc3[nH]2)C1)Cc1cccnc1. The number of likely N-dealkylation sites (N-methyl/N-ethyl adjacent to an activating group) is 1. The molecule has 1 aliphatic heterocycles. The number of aromatic nitrogens is 3. The number of imidazole rings is 1. The number of benzene rings is 1. The predicted molar refractivity (Wildman–Crippen MR) is 105 cm³/mol. The number of amides is 1. The molecule has 1 fully saturated rings. The molecule has 1 amide bonds. The van der Waals surface area contributed by atoms with Gasteiger partial charge in [-0.1, -0.05) is 18.2 Å². The summed E-state index contributed by atoms with van der Waals surface area (Å²) in [6.45, 7) is 2.71. The van der Waals surface area contributed by atoms with E-state index < -0.39 is 0 Å². The van der Waals surface area contributed by atoms with E-state index in [1.807, 2.05) is 59.4 Å². The average Bonchev–Trinajstić information content (AvgIpc) is 3.13. The lowest BCUT2D eigenvalue weighted by Gasteiger charge is -2.33. The normalized spacial score (nSPS) is 17.6. The molecule has 1 aromatic carbocycles. The van der Waals surface area contributed by atoms with Crippen molar-refractivity contribution >= 4 is 16.9 Å². The number of nitrogens with zero attached hydrogens (tertiary/aromatic N) is 4. The lowest BCUT2D eigenvalue weighted by molar-refractivity contribution is -0.133. The lowest BCUT2D eigenvalue weighted by Crippen LogP contribution is -2.43. The van der Waals surface area contributed by atoms with Crippen LogP contribution in [0.4, 0.5) is 0 Å². The van der Waals surface area contributed by atoms with E-state index in [0.29, 0.717) is 6.54 Å². The van der Waals surface area contributed by atoms with E-state index in [1.165, 1.54) is 0 Å². The minimum absolute atomic E-state index is 0.183. The third-order valence-corrected chi connectivity index (χ3v) is 5.15. The van der Waals surface area contributed by atoms with Gasteiger partial charge < -0.3 is 9.88 Å². The average molecular weight is 363 g/mol. The third-order valence-electron chi connectivity index (χ3n) is 5.15. The summed E-state index contributed by atoms with van der Waals surface area (Å²) in [5.41, 5.74) is 3.17. The molecule has 2 aromatic heterocycles. The fraction of sp³-hybridized carbons (Fsp3) is 0.381. The molecule has 6 nitrogen and oxygen atoms in total. The number of carbonyl (C=O) groups excluding carboxylic acids is 1. The van der Waals surface area contributed by atoms with Gasteiger partial charge in [-0.2, -0.15) is 0 Å². The number of carbonyl (C=O) groups is 1. The van der Waals surface area contributed by atoms with E-state index in [-0.39, 0.29) is 11.8 Å². The van der Waals surface area contributed by atoms with Gasteiger partial charge in [0.2, 0.25) is 5.91 Å². The molecule has 0 spiro atoms. The number of aromatic amines is 1. The van der Waals surface area contributed by atoms with E-state index in [1.54, 1.807) is 6.20 Å². The first-order chi connectivity index (χ1) is 13.2. The Morgan fingerprint density at radius 1 is 1.30 bits per heavy atom. The number of para-hydroxylation sites is 2. The van der Waals surface area contributed by atoms with Gasteiger partial charge in [-0.3, -0.25) is 14.7 Å². The molecule has 140 valence electrons. The van der Waals surface area contributed by atoms with Gasteiger partial charge in [-0.05, 0) is 43.7 Å². The van der Waals surface area contributed by atoms with E-state index in [2.05, 4.69) is 9.97 Å². The highest BCUT2D eigenvalue weighted by Crippen LogP contribution is 2.26. The molecule has 3 heterocycles. The predicted octanol–water partition coefficient (Wildman–Crippen LogP) is 2.80. The summed E-state index contributed by atoms with van der Waals surface area (Å²) in [6, 6.07) is 12.0. The Balaban J connectivity index is 1.37. The van der Waals surface area contributed by atoms with Crippen LogP contribution >= 0.6 is 0 Å². The monoisotopic (exact) mass is 363 g/mol. The van der Waals surface area contributed by atoms with Crippen LogP contribution in [0.2, 0.25) is 0 Å². The van der Waals surface area contributed by atoms with Crippen LogP contribution in [-0.2, 0) is 11.3 Å². The van der Waals surface area contributed by atoms with Crippen LogP contribution in [0.15, 0.2) is 48.8 Å². The minimum atomic E-state index is 0.183. The largest absolute Gasteiger partial charge is 0.342 e. The van der Waals surface area contributed by atoms with Crippen molar-refractivity contribution in [1.82, 2.24) is 24.8 Å². The smallest absolute Gasteiger partial charge is 0.236 e. The Hall–Kier alpha value is -2.73. The Bertz CT molecular complexity index is 874. The van der Waals surface area contributed by atoms with Crippen LogP contribution < -0.4 is 0 Å². The molecule has 1 atom stereocenters. The van der Waals surface area contributed by atoms with Crippen LogP contribution in [0, 0.1) is 0 Å². The number of piperidine rings is 1. The van der Waals surface area contributed by atoms with Crippen molar-refractivity contribution in [2.45, 2.75) is 25.3 Å². The van der Waals surface area contributed by atoms with E-state index in [4.69, 9.17) is 4.98 Å². The molecule has 4 rings (SSSR count). The molecule has 27 heavy (non-hydrogen) atoms. The van der Waals surface area contributed by atoms with Gasteiger partial charge in [0.15, 0.2) is 0 Å². The zero-order chi connectivity index (χ0) is 18.6. The maximum absolute atomic E-state index is 12.8. The molecule has 6 heteroatoms. The number of H-pyrrole nitrogens is 1. The van der Waals surface area contributed by atoms with Crippen molar-refractivity contribution in [3.8, 4) is 0 Å². The molecule has 0 saturated carbocycles. The van der Waals surface area contributed by atoms with Crippen molar-refractivity contribution < 1.29 is 4.79 Å². The molecule has 0 bridgehead atoms. The van der Waals surface area contributed by atoms with Crippen LogP contribution in [-0.4, -0.2) is 57.3 Å². The highest BCUT2D eigenvalue weighted by molar-refractivity contribution is 5.78. The van der Waals surface area contributed by atoms with Gasteiger partial charge in [0.05, 0.1) is 17.6 Å². The first kappa shape index (κ1) is 17.7. The Morgan fingerprint density at radius 3 is 3.00 bits per heavy atom. The summed E-state index contributed by atoms with van der Waals surface area (Å²) < 4.78 is 0. The van der Waals surface area contributed by atoms with E-state index >= 15 is 0 Å². The van der Waals surface area contributed by atoms with Crippen molar-refractivity contribution in [2.75, 3.05) is 26.7 Å². The number of hydrogen-bond donors (Lipinski definition) is 1. The molecule has 1 aliphatic rings. The van der Waals surface area contributed by atoms with Gasteiger partial charge in [-0.15, -0.1) is 0 Å². The topological polar surface area (TPSA) is 65.1 Å². The number of nitrogens with one attached hydrogen (secondary N) is 1. The minimum Gasteiger partial charge on any atom is -0.342 e. The van der Waals surface area contributed by atoms with E-state index in [9.17, 15) is 4.79 Å². The summed E-state index contributed by atoms with van der Waals surface area (Å²) in [6.07, 6.45) is 5.69. The summed E-state index contributed by atoms with van der Waals surface area (Å²) in [7, 11) is 1.98. The van der Waals surface area contributed by atoms with Gasteiger partial charge in [0.1, 0.15) is 5.82 Å². The maximum atomic E-state index is 12.8. The maximum Gasteiger partial charge on any atom is 0.236 e. The zero-order valence-electron chi connectivity index (χ0n) is 15.6. The number of fused-ring (bicyclic) bond motifs is 1. The van der Waals surface area contributed by atoms with Crippen molar-refractivity contribution in [2.24, 2.45) is 0 Å². The molecular formula is C21H25N5O. The highest BCUT2D eigenvalue weighted by Gasteiger charge is 2.27. The van der Waals surface area contributed by atoms with Gasteiger partial charge in [0, 0.05) is 37.9 Å². The zero-order valence-corrected chi connectivity index (χ0v) is 15.6. The third kappa shape index (κ3) is 4.17. The molecule has 0 unspecified atom stereocenters. The first-order valence-corrected chi connectivity index (χ1v) is 9.49. The summed E-state index contributed by atoms with van der Waals surface area (Å²) in [5, 5.41) is 0. The van der Waals surface area contributed by atoms with Gasteiger partial charge in [-0.25, -0.2) is 4.98 Å². The van der Waals surface area contributed by atoms with Crippen LogP contribution in [0.3, 0.4) is 0 Å². The second kappa shape index (κ2) is 7.88. The number of hydrogen-bond acceptors (Lipinski definition) is 4. The number of rotatable bonds is 5. The number of likely N-dealkylation sites (tertiary alicyclic amines) is 1. The number of pyridine rings is 1. The standard InChI is InChI=1S/C21H25N5O/c1-25(13-16-6-4-10-22-12-16)15-20(27)26-11-5-7-17(14-26)21-23-18-8-2-3-9-19(18)24-21/h2-4,6,8-10,12,17H,5,7,11,13-15H2,1H3,(H,23,24)/t17-/m0/s1. The molecule has 3 aromatic rings. The van der Waals surface area contributed by atoms with E-state index in [0.717, 1.165) is 54.9 Å². The molecule has 1 N–H and O–H groups in total. The lowest BCUT2D eigenvalue weighted by atomic mass is 9.97. The second-order valence-corrected chi connectivity index (χ2v) is 7.35. The second-order valence-electron chi connectivity index (χ2n) is 7.35. The Morgan fingerprint density at radius 2 is 2.19 bits per heavy atom. The summed E-state index contributed by atoms with van der Waals surface area (Å²) >= 11 is 0. The fourth-order valence-electron chi connectivity index (χ4n) is 3.78. The van der Waals surface area contributed by atoms with Crippen LogP contribution in [0.1, 0.15) is 30.1 Å². The van der Waals surface area contributed by atoms with Crippen molar-refractivity contribution in [3.05, 3.63) is 60.2 Å². The van der Waals surface area contributed by atoms with Crippen molar-refractivity contribution in [1.29, 1.82) is 0 Å². The Kier molecular flexibility index (Phi) is 5.16. The molecule has 0 aliphatic carbocycles. The van der Waals surface area contributed by atoms with Crippen LogP contribution in [0.5, 0.6) is 0 Å². The Labute approximate surface area is 159 Å². The van der Waals surface area contributed by atoms with Gasteiger partial charge >= 0.3 is 0 Å². The molecular weight excluding hydrogens is 338 g/mol. The van der Waals surface area contributed by atoms with Gasteiger partial charge in [0.25, 0.3) is 0 Å². The molecule has 0 radical (unpaired) electrons. The summed E-state index contributed by atoms with van der Waals surface area (Å²) in [5.74, 6) is 1.46. The van der Waals surface area contributed by atoms with Crippen LogP contribution in [0.25, 0.3) is 11.0 Å². The fourth-order valence-corrected chi connectivity index (χ4v) is 3.78. The summed E-state index contributed by atoms with van der Waals surface area (Å²) in [4.78, 5) is 29.1. The van der Waals surface area contributed by atoms with Crippen molar-refractivity contribution in [3.63, 3.8) is 0 Å².